The molecule has 0 radical (unpaired) electrons. The number of fused-ring (bicyclic) bond motifs is 4. The molecule has 0 aliphatic carbocycles. The highest BCUT2D eigenvalue weighted by molar-refractivity contribution is 7.91. The summed E-state index contributed by atoms with van der Waals surface area (Å²) in [6, 6.07) is 19.5. The molecule has 8 aromatic rings. The number of methoxy groups -OCH3 is 4. The predicted molar refractivity (Wildman–Crippen MR) is 471 cm³/mol. The maximum atomic E-state index is 14.7. The number of hydrogen-bond donors (Lipinski definition) is 4. The van der Waals surface area contributed by atoms with E-state index < -0.39 is 228 Å². The molecule has 1 unspecified atom stereocenters. The molecule has 132 heavy (non-hydrogen) atoms. The second kappa shape index (κ2) is 41.9. The Balaban J connectivity index is 0.000000206. The molecule has 704 valence electrons. The van der Waals surface area contributed by atoms with Gasteiger partial charge in [0.2, 0.25) is 23.6 Å². The summed E-state index contributed by atoms with van der Waals surface area (Å²) in [5.74, 6) is -15.9. The fourth-order valence-electron chi connectivity index (χ4n) is 14.6. The van der Waals surface area contributed by atoms with Crippen molar-refractivity contribution in [3.8, 4) is 46.0 Å². The van der Waals surface area contributed by atoms with Gasteiger partial charge in [-0.25, -0.2) is 51.2 Å². The molecule has 4 aliphatic rings. The topological polar surface area (TPSA) is 476 Å². The fraction of sp³-hybridized carbons (Fsp3) is 0.318. The Morgan fingerprint density at radius 2 is 0.485 bits per heavy atom. The van der Waals surface area contributed by atoms with Crippen LogP contribution in [0.2, 0.25) is 0 Å². The van der Waals surface area contributed by atoms with Crippen LogP contribution in [0.15, 0.2) is 121 Å². The molecule has 0 saturated heterocycles. The van der Waals surface area contributed by atoms with Crippen molar-refractivity contribution in [3.63, 3.8) is 0 Å². The summed E-state index contributed by atoms with van der Waals surface area (Å²) in [6.45, 7) is 12.2. The van der Waals surface area contributed by atoms with Crippen LogP contribution < -0.4 is 59.2 Å². The summed E-state index contributed by atoms with van der Waals surface area (Å²) < 4.78 is 243. The van der Waals surface area contributed by atoms with E-state index in [0.717, 1.165) is 61.4 Å². The zero-order chi connectivity index (χ0) is 103. The van der Waals surface area contributed by atoms with Gasteiger partial charge in [0.15, 0.2) is 46.0 Å². The zero-order valence-corrected chi connectivity index (χ0v) is 76.1. The predicted octanol–water partition coefficient (Wildman–Crippen LogP) is 10.3. The minimum Gasteiger partial charge on any atom is -0.493 e. The third-order valence-corrected chi connectivity index (χ3v) is 23.4. The molecule has 8 aromatic carbocycles. The monoisotopic (exact) mass is 1920 g/mol. The van der Waals surface area contributed by atoms with Crippen molar-refractivity contribution in [2.45, 2.75) is 79.6 Å². The van der Waals surface area contributed by atoms with E-state index in [1.807, 2.05) is 0 Å². The van der Waals surface area contributed by atoms with Gasteiger partial charge in [-0.1, -0.05) is 24.3 Å². The van der Waals surface area contributed by atoms with Crippen molar-refractivity contribution in [1.82, 2.24) is 19.6 Å². The van der Waals surface area contributed by atoms with Crippen molar-refractivity contribution in [2.75, 3.05) is 124 Å². The number of nitrogens with zero attached hydrogens (tertiary/aromatic N) is 4. The molecule has 44 heteroatoms. The van der Waals surface area contributed by atoms with Crippen LogP contribution in [0, 0.1) is 23.3 Å². The number of anilines is 4. The molecule has 12 rings (SSSR count). The highest BCUT2D eigenvalue weighted by atomic mass is 32.2. The van der Waals surface area contributed by atoms with Crippen LogP contribution in [0.4, 0.5) is 40.3 Å². The van der Waals surface area contributed by atoms with Gasteiger partial charge in [-0.3, -0.25) is 77.1 Å². The molecule has 0 saturated carbocycles. The second-order valence-electron chi connectivity index (χ2n) is 29.6. The van der Waals surface area contributed by atoms with E-state index in [0.29, 0.717) is 31.1 Å². The molecule has 36 nitrogen and oxygen atoms in total. The summed E-state index contributed by atoms with van der Waals surface area (Å²) in [7, 11) is -17.8. The molecule has 0 bridgehead atoms. The average molecular weight is 1920 g/mol. The van der Waals surface area contributed by atoms with E-state index in [2.05, 4.69) is 21.3 Å². The standard InChI is InChI=1S/4C22H23FN2O7S/c4*1-5-32-18-10-13(6-9-17(18)31-3)16(11-33(4,29)30)25-21(27)19-14(23)7-8-15(24-12(2)26)20(19)22(25)28/h4*6-10,16H,5,11H2,1-4H3,(H,24,26)/t3*16-;/m110./s1/i3D3;;3D3;. The Morgan fingerprint density at radius 3 is 0.644 bits per heavy atom. The number of carbonyl (C=O) groups excluding carboxylic acids is 12. The van der Waals surface area contributed by atoms with E-state index in [4.69, 9.17) is 46.1 Å². The molecular weight excluding hydrogens is 1820 g/mol. The lowest BCUT2D eigenvalue weighted by atomic mass is 10.1. The molecule has 12 amide bonds. The highest BCUT2D eigenvalue weighted by Gasteiger charge is 2.50. The molecule has 0 fully saturated rings. The van der Waals surface area contributed by atoms with Gasteiger partial charge < -0.3 is 59.2 Å². The van der Waals surface area contributed by atoms with Gasteiger partial charge in [-0.15, -0.1) is 0 Å². The Morgan fingerprint density at radius 1 is 0.303 bits per heavy atom. The minimum atomic E-state index is -3.82. The van der Waals surface area contributed by atoms with E-state index in [-0.39, 0.29) is 117 Å². The first-order chi connectivity index (χ1) is 64.2. The lowest BCUT2D eigenvalue weighted by Crippen LogP contribution is -2.38. The third-order valence-electron chi connectivity index (χ3n) is 19.7. The first kappa shape index (κ1) is 92.8. The van der Waals surface area contributed by atoms with Crippen molar-refractivity contribution in [1.29, 1.82) is 0 Å². The summed E-state index contributed by atoms with van der Waals surface area (Å²) in [5.41, 5.74) is -3.24. The zero-order valence-electron chi connectivity index (χ0n) is 78.9. The van der Waals surface area contributed by atoms with Gasteiger partial charge >= 0.3 is 0 Å². The van der Waals surface area contributed by atoms with Crippen molar-refractivity contribution in [2.24, 2.45) is 0 Å². The third kappa shape index (κ3) is 23.1. The molecule has 0 aromatic heterocycles. The number of carbonyl (C=O) groups is 12. The second-order valence-corrected chi connectivity index (χ2v) is 38.4. The van der Waals surface area contributed by atoms with Crippen LogP contribution in [-0.2, 0) is 58.5 Å². The molecule has 4 N–H and O–H groups in total. The number of halogens is 4. The molecule has 4 heterocycles. The van der Waals surface area contributed by atoms with E-state index in [9.17, 15) is 109 Å². The maximum Gasteiger partial charge on any atom is 0.265 e. The lowest BCUT2D eigenvalue weighted by Gasteiger charge is -2.27. The van der Waals surface area contributed by atoms with Crippen LogP contribution in [-0.4, -0.2) is 227 Å². The quantitative estimate of drug-likeness (QED) is 0.0225. The number of amides is 12. The maximum absolute atomic E-state index is 14.7. The van der Waals surface area contributed by atoms with Gasteiger partial charge in [-0.05, 0) is 147 Å². The molecule has 0 spiro atoms. The smallest absolute Gasteiger partial charge is 0.265 e. The van der Waals surface area contributed by atoms with E-state index in [1.165, 1.54) is 127 Å². The fourth-order valence-corrected chi connectivity index (χ4v) is 18.3. The van der Waals surface area contributed by atoms with Gasteiger partial charge in [-0.2, -0.15) is 0 Å². The number of benzene rings is 8. The number of imide groups is 4. The first-order valence-corrected chi connectivity index (χ1v) is 47.6. The Bertz CT molecular complexity index is 6380. The normalized spacial score (nSPS) is 15.0. The SMILES string of the molecule is CCOc1cc(C(CS(C)(=O)=O)N2C(=O)c3c(F)ccc(NC(C)=O)c3C2=O)ccc1OC.CCOc1cc([C@@H](CS(C)(=O)=O)N2C(=O)c3c(F)ccc(NC(C)=O)c3C2=O)ccc1OC.[2H]C([2H])([2H])Oc1ccc([C@@H](CS(C)(=O)=O)N2C(=O)c3c(F)ccc(NC(C)=O)c3C2=O)cc1OCC.[2H]C([2H])([2H])Oc1ccc([C@H](CS(C)(=O)=O)N2C(=O)c3c(F)ccc(NC(C)=O)c3C2=O)cc1OCC. The van der Waals surface area contributed by atoms with Crippen molar-refractivity contribution >= 4 is 133 Å². The van der Waals surface area contributed by atoms with E-state index in [1.54, 1.807) is 27.7 Å². The Hall–Kier alpha value is -13.9. The van der Waals surface area contributed by atoms with E-state index >= 15 is 0 Å². The first-order valence-electron chi connectivity index (χ1n) is 42.4. The molecule has 4 aliphatic heterocycles. The number of hydrogen-bond acceptors (Lipinski definition) is 28. The summed E-state index contributed by atoms with van der Waals surface area (Å²) in [6.07, 6.45) is 3.73. The number of nitrogens with one attached hydrogen (secondary N) is 4. The van der Waals surface area contributed by atoms with Gasteiger partial charge in [0, 0.05) is 52.7 Å². The molecular formula is C88H92F4N8O28S4. The number of sulfone groups is 4. The summed E-state index contributed by atoms with van der Waals surface area (Å²) >= 11 is 0. The van der Waals surface area contributed by atoms with Crippen LogP contribution in [0.25, 0.3) is 0 Å². The van der Waals surface area contributed by atoms with Gasteiger partial charge in [0.05, 0.1) is 177 Å². The Kier molecular flexibility index (Phi) is 29.5. The van der Waals surface area contributed by atoms with Crippen molar-refractivity contribution in [3.05, 3.63) is 211 Å². The van der Waals surface area contributed by atoms with Crippen LogP contribution in [0.3, 0.4) is 0 Å². The van der Waals surface area contributed by atoms with Gasteiger partial charge in [0.25, 0.3) is 47.3 Å². The van der Waals surface area contributed by atoms with Crippen LogP contribution >= 0.6 is 0 Å². The van der Waals surface area contributed by atoms with Crippen molar-refractivity contribution < 1.29 is 155 Å². The van der Waals surface area contributed by atoms with Crippen LogP contribution in [0.5, 0.6) is 46.0 Å². The Labute approximate surface area is 764 Å². The van der Waals surface area contributed by atoms with Crippen LogP contribution in [0.1, 0.15) is 193 Å². The number of rotatable bonds is 32. The minimum absolute atomic E-state index is 0.0393. The summed E-state index contributed by atoms with van der Waals surface area (Å²) in [5, 5.41) is 9.57. The average Bonchev–Trinajstić information content (AvgIpc) is 1.60. The summed E-state index contributed by atoms with van der Waals surface area (Å²) in [4.78, 5) is 155. The van der Waals surface area contributed by atoms with Gasteiger partial charge in [0.1, 0.15) is 62.6 Å². The number of ether oxygens (including phenoxy) is 8. The highest BCUT2D eigenvalue weighted by Crippen LogP contribution is 2.46. The molecule has 4 atom stereocenters. The largest absolute Gasteiger partial charge is 0.493 e. The lowest BCUT2D eigenvalue weighted by molar-refractivity contribution is -0.115.